The highest BCUT2D eigenvalue weighted by Crippen LogP contribution is 2.38. The van der Waals surface area contributed by atoms with Gasteiger partial charge in [-0.3, -0.25) is 39.0 Å². The van der Waals surface area contributed by atoms with Crippen LogP contribution in [0.3, 0.4) is 0 Å². The molecule has 12 aromatic rings. The van der Waals surface area contributed by atoms with Gasteiger partial charge in [0.05, 0.1) is 44.8 Å². The van der Waals surface area contributed by atoms with E-state index in [0.29, 0.717) is 55.1 Å². The summed E-state index contributed by atoms with van der Waals surface area (Å²) in [5.74, 6) is -1.71. The molecule has 344 valence electrons. The molecule has 0 spiro atoms. The van der Waals surface area contributed by atoms with Crippen LogP contribution in [0.1, 0.15) is 41.6 Å². The van der Waals surface area contributed by atoms with E-state index in [0.717, 1.165) is 36.5 Å². The summed E-state index contributed by atoms with van der Waals surface area (Å²) in [5, 5.41) is 3.73. The Hall–Kier alpha value is -8.60. The third-order valence-electron chi connectivity index (χ3n) is 13.1. The Morgan fingerprint density at radius 2 is 0.986 bits per heavy atom. The number of hydrogen-bond acceptors (Lipinski definition) is 7. The molecule has 0 aliphatic heterocycles. The quantitative estimate of drug-likeness (QED) is 0.133. The lowest BCUT2D eigenvalue weighted by atomic mass is 10.0. The molecule has 0 aliphatic carbocycles. The number of pyridine rings is 7. The molecule has 0 atom stereocenters. The SMILES string of the molecule is Cc1ncc(-c2ccc3c4cnc(Cc5ncc(-c6ccc7c8cnc(Cc9ncc(-c%10ccc%11c%12cnccc%12n(C(F)F)c%11c%10)cc9F)cc8n(C(F)F)c7n6)cc5F)cc4n(C)c3c2)cc1F. The van der Waals surface area contributed by atoms with Crippen LogP contribution in [-0.4, -0.2) is 48.6 Å². The van der Waals surface area contributed by atoms with Crippen molar-refractivity contribution in [3.8, 4) is 33.5 Å². The van der Waals surface area contributed by atoms with Crippen LogP contribution < -0.4 is 0 Å². The van der Waals surface area contributed by atoms with Crippen LogP contribution in [0, 0.1) is 24.4 Å². The Morgan fingerprint density at radius 1 is 0.457 bits per heavy atom. The van der Waals surface area contributed by atoms with Crippen LogP contribution in [-0.2, 0) is 19.9 Å². The van der Waals surface area contributed by atoms with Crippen LogP contribution in [0.25, 0.3) is 99.1 Å². The molecule has 17 heteroatoms. The Balaban J connectivity index is 0.807. The van der Waals surface area contributed by atoms with Gasteiger partial charge in [-0.05, 0) is 78.7 Å². The van der Waals surface area contributed by atoms with Gasteiger partial charge < -0.3 is 4.57 Å². The summed E-state index contributed by atoms with van der Waals surface area (Å²) < 4.78 is 108. The molecule has 2 aromatic carbocycles. The Labute approximate surface area is 391 Å². The van der Waals surface area contributed by atoms with E-state index in [9.17, 15) is 22.0 Å². The van der Waals surface area contributed by atoms with E-state index in [2.05, 4.69) is 34.9 Å². The highest BCUT2D eigenvalue weighted by Gasteiger charge is 2.23. The van der Waals surface area contributed by atoms with Gasteiger partial charge >= 0.3 is 13.1 Å². The predicted molar refractivity (Wildman–Crippen MR) is 253 cm³/mol. The highest BCUT2D eigenvalue weighted by atomic mass is 19.3. The topological polar surface area (TPSA) is 105 Å². The third kappa shape index (κ3) is 6.98. The summed E-state index contributed by atoms with van der Waals surface area (Å²) in [6.07, 6.45) is 10.6. The van der Waals surface area contributed by atoms with Crippen LogP contribution >= 0.6 is 0 Å². The molecule has 70 heavy (non-hydrogen) atoms. The molecule has 12 rings (SSSR count). The molecule has 0 amide bonds. The van der Waals surface area contributed by atoms with Gasteiger partial charge in [-0.15, -0.1) is 0 Å². The first-order valence-corrected chi connectivity index (χ1v) is 21.9. The van der Waals surface area contributed by atoms with Gasteiger partial charge in [0.1, 0.15) is 23.1 Å². The highest BCUT2D eigenvalue weighted by molar-refractivity contribution is 6.10. The molecule has 10 heterocycles. The number of nitrogens with zero attached hydrogens (tertiary/aromatic N) is 10. The van der Waals surface area contributed by atoms with Crippen molar-refractivity contribution in [1.82, 2.24) is 48.6 Å². The number of alkyl halides is 4. The van der Waals surface area contributed by atoms with E-state index in [1.807, 2.05) is 35.9 Å². The second-order valence-corrected chi connectivity index (χ2v) is 17.1. The first-order chi connectivity index (χ1) is 33.9. The fourth-order valence-electron chi connectivity index (χ4n) is 9.50. The standard InChI is InChI=1S/C53H33F7N10/c1-26-40(54)11-29(20-62-26)27-3-5-34-38-24-63-32(18-48(38)68(2)47(34)14-27)16-45-42(56)13-31(22-66-45)43-8-7-36-39-25-64-33(19-50(39)70(53(59)60)51(36)67-43)17-44-41(55)12-30(21-65-44)28-4-6-35-37-23-61-10-9-46(37)69(52(57)58)49(35)15-28/h3-15,18-25,52-53H,16-17H2,1-2H3. The second kappa shape index (κ2) is 16.3. The molecular weight excluding hydrogens is 910 g/mol. The first kappa shape index (κ1) is 42.7. The number of halogens is 7. The lowest BCUT2D eigenvalue weighted by molar-refractivity contribution is 0.0787. The van der Waals surface area contributed by atoms with Crippen LogP contribution in [0.2, 0.25) is 0 Å². The van der Waals surface area contributed by atoms with Crippen LogP contribution in [0.15, 0.2) is 128 Å². The Bertz CT molecular complexity index is 4120. The van der Waals surface area contributed by atoms with E-state index in [1.165, 1.54) is 61.3 Å². The van der Waals surface area contributed by atoms with E-state index < -0.39 is 24.7 Å². The minimum atomic E-state index is -3.04. The van der Waals surface area contributed by atoms with E-state index >= 15 is 8.78 Å². The normalized spacial score (nSPS) is 12.2. The van der Waals surface area contributed by atoms with Gasteiger partial charge in [-0.25, -0.2) is 18.2 Å². The molecule has 0 radical (unpaired) electrons. The maximum Gasteiger partial charge on any atom is 0.320 e. The molecule has 0 N–H and O–H groups in total. The predicted octanol–water partition coefficient (Wildman–Crippen LogP) is 13.0. The van der Waals surface area contributed by atoms with Gasteiger partial charge in [0.25, 0.3) is 0 Å². The summed E-state index contributed by atoms with van der Waals surface area (Å²) >= 11 is 0. The molecule has 10 aromatic heterocycles. The fourth-order valence-corrected chi connectivity index (χ4v) is 9.50. The average molecular weight is 943 g/mol. The van der Waals surface area contributed by atoms with Crippen LogP contribution in [0.4, 0.5) is 30.7 Å². The number of hydrogen-bond donors (Lipinski definition) is 0. The zero-order chi connectivity index (χ0) is 48.1. The van der Waals surface area contributed by atoms with E-state index in [4.69, 9.17) is 0 Å². The van der Waals surface area contributed by atoms with Gasteiger partial charge in [-0.2, -0.15) is 17.6 Å². The molecular formula is C53H33F7N10. The summed E-state index contributed by atoms with van der Waals surface area (Å²) in [5.41, 5.74) is 6.39. The van der Waals surface area contributed by atoms with Gasteiger partial charge in [0, 0.05) is 129 Å². The zero-order valence-electron chi connectivity index (χ0n) is 36.8. The number of aromatic nitrogens is 10. The van der Waals surface area contributed by atoms with Crippen molar-refractivity contribution in [3.05, 3.63) is 174 Å². The molecule has 0 fully saturated rings. The molecule has 0 unspecified atom stereocenters. The molecule has 0 bridgehead atoms. The van der Waals surface area contributed by atoms with Crippen molar-refractivity contribution < 1.29 is 30.7 Å². The monoisotopic (exact) mass is 942 g/mol. The summed E-state index contributed by atoms with van der Waals surface area (Å²) in [7, 11) is 1.91. The first-order valence-electron chi connectivity index (χ1n) is 21.9. The number of benzene rings is 2. The van der Waals surface area contributed by atoms with Crippen molar-refractivity contribution in [2.45, 2.75) is 32.9 Å². The summed E-state index contributed by atoms with van der Waals surface area (Å²) in [6, 6.07) is 22.8. The maximum absolute atomic E-state index is 15.9. The maximum atomic E-state index is 15.9. The molecule has 0 saturated heterocycles. The van der Waals surface area contributed by atoms with E-state index in [1.54, 1.807) is 49.6 Å². The Morgan fingerprint density at radius 3 is 1.64 bits per heavy atom. The molecule has 0 saturated carbocycles. The number of fused-ring (bicyclic) bond motifs is 9. The van der Waals surface area contributed by atoms with Crippen molar-refractivity contribution >= 4 is 65.5 Å². The van der Waals surface area contributed by atoms with Gasteiger partial charge in [0.2, 0.25) is 0 Å². The second-order valence-electron chi connectivity index (χ2n) is 17.1. The van der Waals surface area contributed by atoms with Crippen molar-refractivity contribution in [3.63, 3.8) is 0 Å². The fraction of sp³-hybridized carbons (Fsp3) is 0.113. The molecule has 0 aliphatic rings. The Kier molecular flexibility index (Phi) is 9.94. The van der Waals surface area contributed by atoms with Crippen molar-refractivity contribution in [1.29, 1.82) is 0 Å². The van der Waals surface area contributed by atoms with Crippen molar-refractivity contribution in [2.75, 3.05) is 0 Å². The number of aryl methyl sites for hydroxylation is 2. The molecule has 10 nitrogen and oxygen atoms in total. The zero-order valence-corrected chi connectivity index (χ0v) is 36.8. The minimum Gasteiger partial charge on any atom is -0.343 e. The third-order valence-corrected chi connectivity index (χ3v) is 13.1. The lowest BCUT2D eigenvalue weighted by Gasteiger charge is -2.09. The summed E-state index contributed by atoms with van der Waals surface area (Å²) in [4.78, 5) is 30.6. The van der Waals surface area contributed by atoms with Gasteiger partial charge in [-0.1, -0.05) is 24.3 Å². The van der Waals surface area contributed by atoms with E-state index in [-0.39, 0.29) is 63.7 Å². The van der Waals surface area contributed by atoms with Crippen LogP contribution in [0.5, 0.6) is 0 Å². The largest absolute Gasteiger partial charge is 0.343 e. The average Bonchev–Trinajstić information content (AvgIpc) is 3.97. The van der Waals surface area contributed by atoms with Gasteiger partial charge in [0.15, 0.2) is 0 Å². The number of rotatable bonds is 9. The van der Waals surface area contributed by atoms with Crippen molar-refractivity contribution in [2.24, 2.45) is 7.05 Å². The minimum absolute atomic E-state index is 0.00196. The smallest absolute Gasteiger partial charge is 0.320 e. The summed E-state index contributed by atoms with van der Waals surface area (Å²) in [6.45, 7) is -4.25. The lowest BCUT2D eigenvalue weighted by Crippen LogP contribution is -2.02.